The Morgan fingerprint density at radius 1 is 1.05 bits per heavy atom. The zero-order valence-corrected chi connectivity index (χ0v) is 10.2. The summed E-state index contributed by atoms with van der Waals surface area (Å²) in [7, 11) is -1.96. The van der Waals surface area contributed by atoms with E-state index in [1.165, 1.54) is 24.3 Å². The van der Waals surface area contributed by atoms with Crippen LogP contribution in [0.5, 0.6) is 0 Å². The van der Waals surface area contributed by atoms with Gasteiger partial charge in [0.1, 0.15) is 11.6 Å². The molecule has 0 unspecified atom stereocenters. The average molecular weight is 277 g/mol. The number of anilines is 1. The highest BCUT2D eigenvalue weighted by Crippen LogP contribution is 2.14. The van der Waals surface area contributed by atoms with E-state index in [9.17, 15) is 13.6 Å². The number of rotatable bonds is 3. The third-order valence-corrected chi connectivity index (χ3v) is 2.66. The lowest BCUT2D eigenvalue weighted by Gasteiger charge is -2.08. The van der Waals surface area contributed by atoms with Gasteiger partial charge in [-0.1, -0.05) is 18.2 Å². The van der Waals surface area contributed by atoms with Crippen molar-refractivity contribution in [1.82, 2.24) is 0 Å². The number of hydrogen-bond acceptors (Lipinski definition) is 3. The highest BCUT2D eigenvalue weighted by molar-refractivity contribution is 6.58. The number of benzene rings is 2. The van der Waals surface area contributed by atoms with Crippen molar-refractivity contribution in [1.29, 1.82) is 0 Å². The molecule has 0 aliphatic heterocycles. The maximum absolute atomic E-state index is 13.5. The molecule has 0 saturated carbocycles. The number of hydrogen-bond donors (Lipinski definition) is 3. The molecule has 0 aliphatic rings. The number of para-hydroxylation sites is 1. The van der Waals surface area contributed by atoms with Crippen molar-refractivity contribution in [2.24, 2.45) is 0 Å². The van der Waals surface area contributed by atoms with Crippen LogP contribution in [0.2, 0.25) is 0 Å². The molecule has 0 spiro atoms. The van der Waals surface area contributed by atoms with Crippen LogP contribution in [-0.4, -0.2) is 23.1 Å². The van der Waals surface area contributed by atoms with Crippen LogP contribution >= 0.6 is 0 Å². The summed E-state index contributed by atoms with van der Waals surface area (Å²) >= 11 is 0. The molecule has 2 rings (SSSR count). The van der Waals surface area contributed by atoms with Crippen LogP contribution in [0.3, 0.4) is 0 Å². The van der Waals surface area contributed by atoms with Gasteiger partial charge in [-0.05, 0) is 24.3 Å². The third kappa shape index (κ3) is 3.01. The molecule has 0 fully saturated rings. The van der Waals surface area contributed by atoms with E-state index in [0.717, 1.165) is 12.1 Å². The molecule has 1 amide bonds. The van der Waals surface area contributed by atoms with E-state index < -0.39 is 24.7 Å². The summed E-state index contributed by atoms with van der Waals surface area (Å²) < 4.78 is 26.9. The fraction of sp³-hybridized carbons (Fsp3) is 0. The Hall–Kier alpha value is -2.25. The molecule has 4 nitrogen and oxygen atoms in total. The molecule has 7 heteroatoms. The van der Waals surface area contributed by atoms with Gasteiger partial charge in [-0.2, -0.15) is 0 Å². The van der Waals surface area contributed by atoms with Gasteiger partial charge in [0.2, 0.25) is 0 Å². The monoisotopic (exact) mass is 277 g/mol. The second kappa shape index (κ2) is 5.81. The van der Waals surface area contributed by atoms with Crippen LogP contribution < -0.4 is 10.8 Å². The summed E-state index contributed by atoms with van der Waals surface area (Å²) in [6, 6.07) is 8.72. The summed E-state index contributed by atoms with van der Waals surface area (Å²) in [6.45, 7) is 0. The van der Waals surface area contributed by atoms with E-state index in [1.807, 2.05) is 0 Å². The predicted molar refractivity (Wildman–Crippen MR) is 70.6 cm³/mol. The van der Waals surface area contributed by atoms with Crippen LogP contribution in [0.4, 0.5) is 14.5 Å². The van der Waals surface area contributed by atoms with Gasteiger partial charge in [-0.15, -0.1) is 0 Å². The molecule has 2 aromatic rings. The van der Waals surface area contributed by atoms with Gasteiger partial charge in [0.05, 0.1) is 5.69 Å². The first kappa shape index (κ1) is 14.2. The molecule has 3 N–H and O–H groups in total. The third-order valence-electron chi connectivity index (χ3n) is 2.66. The van der Waals surface area contributed by atoms with E-state index >= 15 is 0 Å². The molecule has 102 valence electrons. The van der Waals surface area contributed by atoms with Crippen LogP contribution in [-0.2, 0) is 0 Å². The molecule has 0 radical (unpaired) electrons. The van der Waals surface area contributed by atoms with Gasteiger partial charge in [0.15, 0.2) is 0 Å². The van der Waals surface area contributed by atoms with Crippen molar-refractivity contribution in [3.8, 4) is 0 Å². The maximum Gasteiger partial charge on any atom is 0.491 e. The molecule has 0 aromatic heterocycles. The highest BCUT2D eigenvalue weighted by Gasteiger charge is 2.18. The van der Waals surface area contributed by atoms with Crippen LogP contribution in [0.25, 0.3) is 0 Å². The Bertz CT molecular complexity index is 649. The van der Waals surface area contributed by atoms with E-state index in [4.69, 9.17) is 10.0 Å². The highest BCUT2D eigenvalue weighted by atomic mass is 19.1. The van der Waals surface area contributed by atoms with Crippen molar-refractivity contribution in [2.75, 3.05) is 5.32 Å². The van der Waals surface area contributed by atoms with Gasteiger partial charge in [0.25, 0.3) is 5.91 Å². The number of amides is 1. The predicted octanol–water partition coefficient (Wildman–Crippen LogP) is 0.897. The Labute approximate surface area is 113 Å². The summed E-state index contributed by atoms with van der Waals surface area (Å²) in [4.78, 5) is 11.8. The van der Waals surface area contributed by atoms with Crippen molar-refractivity contribution in [3.05, 3.63) is 59.7 Å². The quantitative estimate of drug-likeness (QED) is 0.730. The standard InChI is InChI=1S/C13H10BF2NO3/c15-10-3-1-2-4-12(10)17-13(18)8-5-6-9(14(19)20)11(16)7-8/h1-7,19-20H,(H,17,18). The fourth-order valence-corrected chi connectivity index (χ4v) is 1.63. The van der Waals surface area contributed by atoms with Crippen molar-refractivity contribution >= 4 is 24.2 Å². The first-order chi connectivity index (χ1) is 9.49. The van der Waals surface area contributed by atoms with E-state index in [0.29, 0.717) is 0 Å². The summed E-state index contributed by atoms with van der Waals surface area (Å²) in [5.41, 5.74) is -0.424. The van der Waals surface area contributed by atoms with E-state index in [2.05, 4.69) is 5.32 Å². The van der Waals surface area contributed by atoms with Gasteiger partial charge < -0.3 is 15.4 Å². The fourth-order valence-electron chi connectivity index (χ4n) is 1.63. The van der Waals surface area contributed by atoms with Gasteiger partial charge in [0, 0.05) is 11.0 Å². The van der Waals surface area contributed by atoms with Crippen molar-refractivity contribution in [2.45, 2.75) is 0 Å². The minimum absolute atomic E-state index is 0.0239. The summed E-state index contributed by atoms with van der Waals surface area (Å²) in [6.07, 6.45) is 0. The summed E-state index contributed by atoms with van der Waals surface area (Å²) in [5, 5.41) is 20.0. The Kier molecular flexibility index (Phi) is 4.12. The number of nitrogens with one attached hydrogen (secondary N) is 1. The first-order valence-corrected chi connectivity index (χ1v) is 5.70. The lowest BCUT2D eigenvalue weighted by atomic mass is 9.79. The van der Waals surface area contributed by atoms with Gasteiger partial charge >= 0.3 is 7.12 Å². The average Bonchev–Trinajstić information content (AvgIpc) is 2.40. The summed E-state index contributed by atoms with van der Waals surface area (Å²) in [5.74, 6) is -2.24. The zero-order valence-electron chi connectivity index (χ0n) is 10.2. The normalized spacial score (nSPS) is 10.2. The lowest BCUT2D eigenvalue weighted by Crippen LogP contribution is -2.33. The molecule has 0 bridgehead atoms. The second-order valence-electron chi connectivity index (χ2n) is 4.04. The molecule has 0 saturated heterocycles. The molecule has 20 heavy (non-hydrogen) atoms. The van der Waals surface area contributed by atoms with E-state index in [1.54, 1.807) is 6.07 Å². The Balaban J connectivity index is 2.22. The van der Waals surface area contributed by atoms with E-state index in [-0.39, 0.29) is 16.7 Å². The zero-order chi connectivity index (χ0) is 14.7. The molecule has 0 aliphatic carbocycles. The minimum Gasteiger partial charge on any atom is -0.423 e. The van der Waals surface area contributed by atoms with Gasteiger partial charge in [-0.3, -0.25) is 4.79 Å². The van der Waals surface area contributed by atoms with Gasteiger partial charge in [-0.25, -0.2) is 8.78 Å². The molecule has 0 atom stereocenters. The maximum atomic E-state index is 13.5. The minimum atomic E-state index is -1.96. The molecule has 0 heterocycles. The van der Waals surface area contributed by atoms with Crippen LogP contribution in [0.15, 0.2) is 42.5 Å². The Morgan fingerprint density at radius 2 is 1.75 bits per heavy atom. The van der Waals surface area contributed by atoms with Crippen molar-refractivity contribution in [3.63, 3.8) is 0 Å². The van der Waals surface area contributed by atoms with Crippen LogP contribution in [0.1, 0.15) is 10.4 Å². The topological polar surface area (TPSA) is 69.6 Å². The molecular formula is C13H10BF2NO3. The smallest absolute Gasteiger partial charge is 0.423 e. The SMILES string of the molecule is O=C(Nc1ccccc1F)c1ccc(B(O)O)c(F)c1. The Morgan fingerprint density at radius 3 is 2.35 bits per heavy atom. The first-order valence-electron chi connectivity index (χ1n) is 5.70. The largest absolute Gasteiger partial charge is 0.491 e. The van der Waals surface area contributed by atoms with Crippen molar-refractivity contribution < 1.29 is 23.6 Å². The lowest BCUT2D eigenvalue weighted by molar-refractivity contribution is 0.102. The molecule has 2 aromatic carbocycles. The number of halogens is 2. The second-order valence-corrected chi connectivity index (χ2v) is 4.04. The molecular weight excluding hydrogens is 267 g/mol. The number of carbonyl (C=O) groups is 1. The van der Waals surface area contributed by atoms with Crippen LogP contribution in [0, 0.1) is 11.6 Å². The number of carbonyl (C=O) groups excluding carboxylic acids is 1.